The molecule has 1 nitrogen and oxygen atoms in total. The van der Waals surface area contributed by atoms with Crippen molar-refractivity contribution in [3.8, 4) is 0 Å². The van der Waals surface area contributed by atoms with E-state index in [1.54, 1.807) is 6.07 Å². The summed E-state index contributed by atoms with van der Waals surface area (Å²) in [5, 5.41) is 0. The van der Waals surface area contributed by atoms with Gasteiger partial charge in [-0.05, 0) is 72.7 Å². The fourth-order valence-electron chi connectivity index (χ4n) is 4.74. The molecule has 2 bridgehead atoms. The standard InChI is InChI=1S/C19H24F3N/c1-12-17-9-14-5-6-15(19(20,21)22)10-16(14)18(12,2)7-8-23(17)11-13-3-4-13/h5-6,10,12-13,17H,3-4,7-9,11H2,1-2H3/t12-,17?,18-/m0/s1. The Kier molecular flexibility index (Phi) is 3.36. The van der Waals surface area contributed by atoms with Crippen LogP contribution in [0.25, 0.3) is 0 Å². The maximum absolute atomic E-state index is 13.1. The summed E-state index contributed by atoms with van der Waals surface area (Å²) in [5.41, 5.74) is 1.45. The number of rotatable bonds is 2. The van der Waals surface area contributed by atoms with Crippen molar-refractivity contribution in [1.82, 2.24) is 4.90 Å². The highest BCUT2D eigenvalue weighted by Crippen LogP contribution is 2.50. The molecule has 2 fully saturated rings. The predicted octanol–water partition coefficient (Wildman–Crippen LogP) is 4.64. The summed E-state index contributed by atoms with van der Waals surface area (Å²) in [5.74, 6) is 1.27. The molecule has 4 heteroatoms. The molecule has 0 spiro atoms. The van der Waals surface area contributed by atoms with Gasteiger partial charge in [0.2, 0.25) is 0 Å². The summed E-state index contributed by atoms with van der Waals surface area (Å²) in [6.07, 6.45) is 0.307. The summed E-state index contributed by atoms with van der Waals surface area (Å²) in [6.45, 7) is 6.63. The van der Waals surface area contributed by atoms with Gasteiger partial charge in [0.15, 0.2) is 0 Å². The average Bonchev–Trinajstić information content (AvgIpc) is 3.28. The maximum atomic E-state index is 13.1. The number of hydrogen-bond acceptors (Lipinski definition) is 1. The fraction of sp³-hybridized carbons (Fsp3) is 0.684. The minimum Gasteiger partial charge on any atom is -0.299 e. The second-order valence-electron chi connectivity index (χ2n) is 8.04. The molecule has 23 heavy (non-hydrogen) atoms. The van der Waals surface area contributed by atoms with E-state index in [2.05, 4.69) is 18.7 Å². The van der Waals surface area contributed by atoms with Gasteiger partial charge in [-0.3, -0.25) is 4.90 Å². The van der Waals surface area contributed by atoms with Crippen molar-refractivity contribution in [1.29, 1.82) is 0 Å². The highest BCUT2D eigenvalue weighted by Gasteiger charge is 2.49. The lowest BCUT2D eigenvalue weighted by molar-refractivity contribution is -0.137. The van der Waals surface area contributed by atoms with Gasteiger partial charge in [0.25, 0.3) is 0 Å². The normalized spacial score (nSPS) is 34.3. The lowest BCUT2D eigenvalue weighted by Gasteiger charge is -2.55. The average molecular weight is 323 g/mol. The van der Waals surface area contributed by atoms with Crippen molar-refractivity contribution in [2.24, 2.45) is 11.8 Å². The van der Waals surface area contributed by atoms with Crippen LogP contribution in [0.2, 0.25) is 0 Å². The van der Waals surface area contributed by atoms with Crippen molar-refractivity contribution in [2.75, 3.05) is 13.1 Å². The molecule has 1 saturated carbocycles. The molecule has 1 heterocycles. The van der Waals surface area contributed by atoms with Crippen molar-refractivity contribution in [3.63, 3.8) is 0 Å². The molecule has 2 aliphatic carbocycles. The van der Waals surface area contributed by atoms with Gasteiger partial charge < -0.3 is 0 Å². The zero-order valence-corrected chi connectivity index (χ0v) is 13.8. The Balaban J connectivity index is 1.71. The van der Waals surface area contributed by atoms with Crippen LogP contribution in [0, 0.1) is 11.8 Å². The largest absolute Gasteiger partial charge is 0.416 e. The number of hydrogen-bond donors (Lipinski definition) is 0. The summed E-state index contributed by atoms with van der Waals surface area (Å²) in [6, 6.07) is 4.91. The van der Waals surface area contributed by atoms with Gasteiger partial charge >= 0.3 is 6.18 Å². The summed E-state index contributed by atoms with van der Waals surface area (Å²) < 4.78 is 39.3. The molecule has 0 radical (unpaired) electrons. The van der Waals surface area contributed by atoms with E-state index >= 15 is 0 Å². The Labute approximate surface area is 135 Å². The third-order valence-electron chi connectivity index (χ3n) is 6.64. The molecule has 1 aromatic rings. The lowest BCUT2D eigenvalue weighted by Crippen LogP contribution is -2.58. The molecule has 0 aromatic heterocycles. The smallest absolute Gasteiger partial charge is 0.299 e. The number of likely N-dealkylation sites (tertiary alicyclic amines) is 1. The van der Waals surface area contributed by atoms with E-state index in [4.69, 9.17) is 0 Å². The zero-order chi connectivity index (χ0) is 16.4. The molecule has 1 unspecified atom stereocenters. The molecule has 4 rings (SSSR count). The van der Waals surface area contributed by atoms with Crippen LogP contribution in [0.5, 0.6) is 0 Å². The van der Waals surface area contributed by atoms with Gasteiger partial charge in [-0.2, -0.15) is 13.2 Å². The van der Waals surface area contributed by atoms with Crippen LogP contribution in [0.15, 0.2) is 18.2 Å². The first-order valence-electron chi connectivity index (χ1n) is 8.74. The second kappa shape index (κ2) is 4.98. The van der Waals surface area contributed by atoms with Crippen LogP contribution in [0.4, 0.5) is 13.2 Å². The molecule has 1 aromatic carbocycles. The van der Waals surface area contributed by atoms with E-state index in [-0.39, 0.29) is 5.41 Å². The molecule has 1 aliphatic heterocycles. The van der Waals surface area contributed by atoms with Crippen LogP contribution >= 0.6 is 0 Å². The SMILES string of the molecule is C[C@H]1C2Cc3ccc(C(F)(F)F)cc3[C@@]1(C)CCN2CC1CC1. The van der Waals surface area contributed by atoms with Gasteiger partial charge in [0.1, 0.15) is 0 Å². The third-order valence-corrected chi connectivity index (χ3v) is 6.64. The van der Waals surface area contributed by atoms with Crippen LogP contribution in [0.3, 0.4) is 0 Å². The summed E-state index contributed by atoms with van der Waals surface area (Å²) in [4.78, 5) is 2.62. The number of piperidine rings is 1. The Morgan fingerprint density at radius 1 is 1.26 bits per heavy atom. The van der Waals surface area contributed by atoms with Crippen molar-refractivity contribution < 1.29 is 13.2 Å². The predicted molar refractivity (Wildman–Crippen MR) is 84.4 cm³/mol. The number of alkyl halides is 3. The number of nitrogens with zero attached hydrogens (tertiary/aromatic N) is 1. The first-order chi connectivity index (χ1) is 10.8. The van der Waals surface area contributed by atoms with E-state index in [0.717, 1.165) is 36.4 Å². The fourth-order valence-corrected chi connectivity index (χ4v) is 4.74. The number of halogens is 3. The van der Waals surface area contributed by atoms with Gasteiger partial charge in [-0.1, -0.05) is 19.9 Å². The Bertz CT molecular complexity index is 620. The summed E-state index contributed by atoms with van der Waals surface area (Å²) >= 11 is 0. The Morgan fingerprint density at radius 3 is 2.65 bits per heavy atom. The van der Waals surface area contributed by atoms with Crippen LogP contribution in [-0.2, 0) is 18.0 Å². The Hall–Kier alpha value is -1.03. The van der Waals surface area contributed by atoms with E-state index in [0.29, 0.717) is 12.0 Å². The van der Waals surface area contributed by atoms with Gasteiger partial charge in [-0.25, -0.2) is 0 Å². The summed E-state index contributed by atoms with van der Waals surface area (Å²) in [7, 11) is 0. The number of fused-ring (bicyclic) bond motifs is 4. The molecule has 3 aliphatic rings. The first-order valence-corrected chi connectivity index (χ1v) is 8.74. The highest BCUT2D eigenvalue weighted by atomic mass is 19.4. The van der Waals surface area contributed by atoms with Gasteiger partial charge in [0, 0.05) is 12.6 Å². The third kappa shape index (κ3) is 2.50. The minimum absolute atomic E-state index is 0.125. The molecule has 3 atom stereocenters. The van der Waals surface area contributed by atoms with Crippen molar-refractivity contribution in [2.45, 2.75) is 57.2 Å². The highest BCUT2D eigenvalue weighted by molar-refractivity contribution is 5.43. The quantitative estimate of drug-likeness (QED) is 0.766. The van der Waals surface area contributed by atoms with E-state index in [1.807, 2.05) is 0 Å². The van der Waals surface area contributed by atoms with Gasteiger partial charge in [-0.15, -0.1) is 0 Å². The molecule has 126 valence electrons. The zero-order valence-electron chi connectivity index (χ0n) is 13.8. The molecule has 1 saturated heterocycles. The van der Waals surface area contributed by atoms with E-state index < -0.39 is 11.7 Å². The molecular formula is C19H24F3N. The Morgan fingerprint density at radius 2 is 2.00 bits per heavy atom. The monoisotopic (exact) mass is 323 g/mol. The van der Waals surface area contributed by atoms with Crippen molar-refractivity contribution >= 4 is 0 Å². The molecule has 0 amide bonds. The number of benzene rings is 1. The lowest BCUT2D eigenvalue weighted by atomic mass is 9.59. The van der Waals surface area contributed by atoms with Crippen LogP contribution in [-0.4, -0.2) is 24.0 Å². The van der Waals surface area contributed by atoms with E-state index in [9.17, 15) is 13.2 Å². The topological polar surface area (TPSA) is 3.24 Å². The van der Waals surface area contributed by atoms with Crippen LogP contribution < -0.4 is 0 Å². The van der Waals surface area contributed by atoms with E-state index in [1.165, 1.54) is 31.5 Å². The van der Waals surface area contributed by atoms with Gasteiger partial charge in [0.05, 0.1) is 5.56 Å². The maximum Gasteiger partial charge on any atom is 0.416 e. The minimum atomic E-state index is -4.25. The molecular weight excluding hydrogens is 299 g/mol. The van der Waals surface area contributed by atoms with Crippen molar-refractivity contribution in [3.05, 3.63) is 34.9 Å². The first kappa shape index (κ1) is 15.5. The molecule has 0 N–H and O–H groups in total. The second-order valence-corrected chi connectivity index (χ2v) is 8.04. The van der Waals surface area contributed by atoms with Crippen LogP contribution in [0.1, 0.15) is 49.8 Å².